The van der Waals surface area contributed by atoms with Gasteiger partial charge in [-0.05, 0) is 25.8 Å². The second-order valence-corrected chi connectivity index (χ2v) is 7.15. The van der Waals surface area contributed by atoms with Gasteiger partial charge in [0, 0.05) is 0 Å². The molecule has 0 bridgehead atoms. The Bertz CT molecular complexity index is 470. The smallest absolute Gasteiger partial charge is 0.446 e. The molecule has 0 aromatic rings. The third-order valence-electron chi connectivity index (χ3n) is 3.81. The predicted octanol–water partition coefficient (Wildman–Crippen LogP) is 4.95. The lowest BCUT2D eigenvalue weighted by atomic mass is 10.1. The van der Waals surface area contributed by atoms with Crippen LogP contribution < -0.4 is 0 Å². The fraction of sp³-hybridized carbons (Fsp3) is 0.833. The SMILES string of the molecule is CCCCCCCCCCCCC/C=C(\OS(=O)(=O)O)C(=O)OCC. The van der Waals surface area contributed by atoms with Gasteiger partial charge in [-0.3, -0.25) is 4.55 Å². The van der Waals surface area contributed by atoms with Crippen molar-refractivity contribution in [3.05, 3.63) is 11.8 Å². The topological polar surface area (TPSA) is 89.9 Å². The summed E-state index contributed by atoms with van der Waals surface area (Å²) in [6, 6.07) is 0. The summed E-state index contributed by atoms with van der Waals surface area (Å²) in [6.45, 7) is 3.93. The molecule has 0 heterocycles. The van der Waals surface area contributed by atoms with E-state index in [1.54, 1.807) is 6.92 Å². The van der Waals surface area contributed by atoms with Gasteiger partial charge in [0.1, 0.15) is 0 Å². The Hall–Kier alpha value is -1.08. The maximum absolute atomic E-state index is 11.6. The Kier molecular flexibility index (Phi) is 14.5. The molecule has 0 radical (unpaired) electrons. The van der Waals surface area contributed by atoms with E-state index in [0.29, 0.717) is 6.42 Å². The van der Waals surface area contributed by atoms with Gasteiger partial charge < -0.3 is 8.92 Å². The van der Waals surface area contributed by atoms with E-state index in [2.05, 4.69) is 11.1 Å². The lowest BCUT2D eigenvalue weighted by molar-refractivity contribution is -0.141. The summed E-state index contributed by atoms with van der Waals surface area (Å²) in [5.74, 6) is -1.36. The number of unbranched alkanes of at least 4 members (excludes halogenated alkanes) is 11. The average molecular weight is 379 g/mol. The quantitative estimate of drug-likeness (QED) is 0.134. The van der Waals surface area contributed by atoms with Crippen molar-refractivity contribution in [3.8, 4) is 0 Å². The minimum atomic E-state index is -4.72. The zero-order valence-corrected chi connectivity index (χ0v) is 16.5. The van der Waals surface area contributed by atoms with Crippen molar-refractivity contribution in [1.82, 2.24) is 0 Å². The first-order valence-corrected chi connectivity index (χ1v) is 10.8. The molecule has 1 N–H and O–H groups in total. The molecule has 0 fully saturated rings. The number of esters is 1. The number of hydrogen-bond donors (Lipinski definition) is 1. The largest absolute Gasteiger partial charge is 0.460 e. The Labute approximate surface area is 152 Å². The van der Waals surface area contributed by atoms with Crippen molar-refractivity contribution in [2.45, 2.75) is 90.9 Å². The van der Waals surface area contributed by atoms with E-state index in [4.69, 9.17) is 9.29 Å². The number of carbonyl (C=O) groups excluding carboxylic acids is 1. The maximum atomic E-state index is 11.6. The zero-order valence-electron chi connectivity index (χ0n) is 15.7. The molecule has 0 spiro atoms. The first-order chi connectivity index (χ1) is 11.9. The second-order valence-electron chi connectivity index (χ2n) is 6.12. The van der Waals surface area contributed by atoms with E-state index in [1.165, 1.54) is 57.4 Å². The van der Waals surface area contributed by atoms with E-state index in [9.17, 15) is 13.2 Å². The summed E-state index contributed by atoms with van der Waals surface area (Å²) in [4.78, 5) is 11.6. The van der Waals surface area contributed by atoms with Gasteiger partial charge in [0.05, 0.1) is 6.61 Å². The van der Waals surface area contributed by atoms with Crippen LogP contribution in [-0.4, -0.2) is 25.5 Å². The molecule has 0 aliphatic rings. The first kappa shape index (κ1) is 23.9. The molecule has 25 heavy (non-hydrogen) atoms. The van der Waals surface area contributed by atoms with Crippen LogP contribution in [0, 0.1) is 0 Å². The van der Waals surface area contributed by atoms with Gasteiger partial charge in [0.15, 0.2) is 0 Å². The molecule has 0 atom stereocenters. The Morgan fingerprint density at radius 1 is 0.880 bits per heavy atom. The van der Waals surface area contributed by atoms with Crippen LogP contribution in [0.5, 0.6) is 0 Å². The van der Waals surface area contributed by atoms with Crippen LogP contribution in [0.4, 0.5) is 0 Å². The molecule has 0 aliphatic heterocycles. The highest BCUT2D eigenvalue weighted by molar-refractivity contribution is 7.81. The van der Waals surface area contributed by atoms with Gasteiger partial charge in [-0.25, -0.2) is 4.79 Å². The number of rotatable bonds is 16. The van der Waals surface area contributed by atoms with Gasteiger partial charge in [0.2, 0.25) is 5.76 Å². The number of hydrogen-bond acceptors (Lipinski definition) is 5. The molecule has 0 saturated heterocycles. The van der Waals surface area contributed by atoms with Crippen molar-refractivity contribution in [2.24, 2.45) is 0 Å². The molecular formula is C18H34O6S. The lowest BCUT2D eigenvalue weighted by Crippen LogP contribution is -2.14. The molecule has 6 nitrogen and oxygen atoms in total. The molecule has 0 aliphatic carbocycles. The summed E-state index contributed by atoms with van der Waals surface area (Å²) in [5, 5.41) is 0. The van der Waals surface area contributed by atoms with Crippen molar-refractivity contribution in [2.75, 3.05) is 6.61 Å². The van der Waals surface area contributed by atoms with E-state index < -0.39 is 22.1 Å². The molecule has 0 unspecified atom stereocenters. The third kappa shape index (κ3) is 16.2. The molecule has 0 aromatic carbocycles. The van der Waals surface area contributed by atoms with Crippen LogP contribution in [0.1, 0.15) is 90.9 Å². The molecule has 0 aromatic heterocycles. The fourth-order valence-electron chi connectivity index (χ4n) is 2.51. The van der Waals surface area contributed by atoms with Gasteiger partial charge in [-0.2, -0.15) is 8.42 Å². The first-order valence-electron chi connectivity index (χ1n) is 9.44. The lowest BCUT2D eigenvalue weighted by Gasteiger charge is -2.06. The predicted molar refractivity (Wildman–Crippen MR) is 98.4 cm³/mol. The van der Waals surface area contributed by atoms with Gasteiger partial charge in [-0.15, -0.1) is 0 Å². The van der Waals surface area contributed by atoms with Crippen LogP contribution in [0.3, 0.4) is 0 Å². The van der Waals surface area contributed by atoms with Crippen molar-refractivity contribution in [1.29, 1.82) is 0 Å². The molecule has 0 amide bonds. The summed E-state index contributed by atoms with van der Waals surface area (Å²) < 4.78 is 39.2. The van der Waals surface area contributed by atoms with Crippen LogP contribution >= 0.6 is 0 Å². The molecule has 0 saturated carbocycles. The maximum Gasteiger partial charge on any atom is 0.446 e. The van der Waals surface area contributed by atoms with Gasteiger partial charge >= 0.3 is 16.4 Å². The van der Waals surface area contributed by atoms with Gasteiger partial charge in [-0.1, -0.05) is 71.1 Å². The molecule has 0 rings (SSSR count). The van der Waals surface area contributed by atoms with E-state index >= 15 is 0 Å². The summed E-state index contributed by atoms with van der Waals surface area (Å²) in [6.07, 6.45) is 15.2. The third-order valence-corrected chi connectivity index (χ3v) is 4.20. The van der Waals surface area contributed by atoms with Crippen molar-refractivity contribution >= 4 is 16.4 Å². The second kappa shape index (κ2) is 15.2. The summed E-state index contributed by atoms with van der Waals surface area (Å²) in [7, 11) is -4.72. The zero-order chi connectivity index (χ0) is 19.0. The Balaban J connectivity index is 3.85. The van der Waals surface area contributed by atoms with E-state index in [0.717, 1.165) is 19.3 Å². The molecule has 7 heteroatoms. The van der Waals surface area contributed by atoms with Crippen LogP contribution in [0.25, 0.3) is 0 Å². The minimum Gasteiger partial charge on any atom is -0.460 e. The van der Waals surface area contributed by atoms with E-state index in [1.807, 2.05) is 0 Å². The van der Waals surface area contributed by atoms with Crippen molar-refractivity contribution in [3.63, 3.8) is 0 Å². The van der Waals surface area contributed by atoms with Crippen LogP contribution in [-0.2, 0) is 24.1 Å². The average Bonchev–Trinajstić information content (AvgIpc) is 2.54. The highest BCUT2D eigenvalue weighted by Gasteiger charge is 2.18. The van der Waals surface area contributed by atoms with Gasteiger partial charge in [0.25, 0.3) is 0 Å². The van der Waals surface area contributed by atoms with E-state index in [-0.39, 0.29) is 6.61 Å². The standard InChI is InChI=1S/C18H34O6S/c1-3-5-6-7-8-9-10-11-12-13-14-15-16-17(18(19)23-4-2)24-25(20,21)22/h16H,3-15H2,1-2H3,(H,20,21,22)/b17-16-. The summed E-state index contributed by atoms with van der Waals surface area (Å²) in [5.41, 5.74) is 0. The number of allylic oxidation sites excluding steroid dienone is 1. The van der Waals surface area contributed by atoms with Crippen LogP contribution in [0.15, 0.2) is 11.8 Å². The number of ether oxygens (including phenoxy) is 1. The Morgan fingerprint density at radius 2 is 1.36 bits per heavy atom. The normalized spacial score (nSPS) is 12.2. The summed E-state index contributed by atoms with van der Waals surface area (Å²) >= 11 is 0. The van der Waals surface area contributed by atoms with Crippen LogP contribution in [0.2, 0.25) is 0 Å². The molecular weight excluding hydrogens is 344 g/mol. The monoisotopic (exact) mass is 378 g/mol. The van der Waals surface area contributed by atoms with Crippen molar-refractivity contribution < 1.29 is 26.7 Å². The molecule has 148 valence electrons. The number of carbonyl (C=O) groups is 1. The minimum absolute atomic E-state index is 0.101. The Morgan fingerprint density at radius 3 is 1.80 bits per heavy atom. The highest BCUT2D eigenvalue weighted by Crippen LogP contribution is 2.13. The highest BCUT2D eigenvalue weighted by atomic mass is 32.3. The fourth-order valence-corrected chi connectivity index (χ4v) is 2.87.